The van der Waals surface area contributed by atoms with E-state index in [9.17, 15) is 76.3 Å². The molecule has 6 heterocycles. The van der Waals surface area contributed by atoms with E-state index >= 15 is 0 Å². The lowest BCUT2D eigenvalue weighted by atomic mass is 9.30. The molecule has 11 fully saturated rings. The van der Waals surface area contributed by atoms with Crippen molar-refractivity contribution >= 4 is 5.78 Å². The van der Waals surface area contributed by atoms with Crippen molar-refractivity contribution in [1.29, 1.82) is 0 Å². The van der Waals surface area contributed by atoms with Crippen molar-refractivity contribution in [3.8, 4) is 0 Å². The molecule has 0 aromatic carbocycles. The summed E-state index contributed by atoms with van der Waals surface area (Å²) in [7, 11) is 0. The van der Waals surface area contributed by atoms with Crippen LogP contribution in [0.5, 0.6) is 0 Å². The van der Waals surface area contributed by atoms with Gasteiger partial charge in [0.2, 0.25) is 0 Å². The molecular weight excluding hydrogens is 1110 g/mol. The van der Waals surface area contributed by atoms with Gasteiger partial charge in [-0.3, -0.25) is 4.79 Å². The molecule has 33 unspecified atom stereocenters. The standard InChI is InChI=1S/C58H94O26/c1-24-34(64)39(69)42(72)48(77-24)82-44-37(67)27(19-60)79-51(46(44)84-47-41(71)35(65)25(62)20-74-47)80-28-21-75-50(45(38(28)68)83-49-43(73)40(70)36(66)26(18-59)78-49)81-33-10-11-54(5)29(52(33,2)3)8-12-55(6)30(54)9-13-58-31-16-53(4,22-61)14-15-57(31,23-76-58)32(63)17-56(55,58)7/h24-31,33-51,59-62,64-73H,8-23H2,1-7H3. The highest BCUT2D eigenvalue weighted by Gasteiger charge is 2.80. The number of aliphatic hydroxyl groups excluding tert-OH is 14. The predicted octanol–water partition coefficient (Wildman–Crippen LogP) is -3.04. The van der Waals surface area contributed by atoms with Crippen LogP contribution >= 0.6 is 0 Å². The maximum absolute atomic E-state index is 14.8. The monoisotopic (exact) mass is 1210 g/mol. The van der Waals surface area contributed by atoms with Gasteiger partial charge in [-0.25, -0.2) is 0 Å². The minimum atomic E-state index is -1.95. The Morgan fingerprint density at radius 1 is 0.524 bits per heavy atom. The van der Waals surface area contributed by atoms with Crippen molar-refractivity contribution in [2.24, 2.45) is 50.2 Å². The summed E-state index contributed by atoms with van der Waals surface area (Å²) in [6, 6.07) is 0. The highest BCUT2D eigenvalue weighted by atomic mass is 16.8. The van der Waals surface area contributed by atoms with E-state index in [4.69, 9.17) is 52.1 Å². The van der Waals surface area contributed by atoms with Gasteiger partial charge in [-0.05, 0) is 98.2 Å². The zero-order valence-corrected chi connectivity index (χ0v) is 49.1. The Bertz CT molecular complexity index is 2340. The van der Waals surface area contributed by atoms with E-state index in [0.29, 0.717) is 25.2 Å². The van der Waals surface area contributed by atoms with Gasteiger partial charge in [-0.15, -0.1) is 0 Å². The minimum Gasteiger partial charge on any atom is -0.396 e. The van der Waals surface area contributed by atoms with Crippen LogP contribution in [0.15, 0.2) is 0 Å². The number of fused-ring (bicyclic) bond motifs is 4. The van der Waals surface area contributed by atoms with E-state index in [1.807, 2.05) is 0 Å². The zero-order chi connectivity index (χ0) is 60.8. The number of hydrogen-bond acceptors (Lipinski definition) is 26. The molecule has 14 N–H and O–H groups in total. The number of Topliss-reactive ketones (excluding diaryl/α,β-unsaturated/α-hetero) is 1. The summed E-state index contributed by atoms with van der Waals surface area (Å²) >= 11 is 0. The second kappa shape index (κ2) is 23.1. The van der Waals surface area contributed by atoms with Crippen LogP contribution < -0.4 is 0 Å². The van der Waals surface area contributed by atoms with E-state index in [-0.39, 0.29) is 40.6 Å². The summed E-state index contributed by atoms with van der Waals surface area (Å²) in [6.07, 6.45) is -32.9. The van der Waals surface area contributed by atoms with Crippen LogP contribution in [0, 0.1) is 50.2 Å². The molecular formula is C58H94O26. The Kier molecular flexibility index (Phi) is 17.7. The van der Waals surface area contributed by atoms with Gasteiger partial charge in [0.25, 0.3) is 0 Å². The summed E-state index contributed by atoms with van der Waals surface area (Å²) in [5, 5.41) is 153. The van der Waals surface area contributed by atoms with E-state index in [1.165, 1.54) is 6.92 Å². The molecule has 6 saturated heterocycles. The second-order valence-electron chi connectivity index (χ2n) is 28.6. The summed E-state index contributed by atoms with van der Waals surface area (Å²) in [5.74, 6) is 0.583. The van der Waals surface area contributed by atoms with Crippen molar-refractivity contribution in [1.82, 2.24) is 0 Å². The first-order chi connectivity index (χ1) is 39.5. The van der Waals surface area contributed by atoms with Crippen molar-refractivity contribution in [3.05, 3.63) is 0 Å². The number of aliphatic hydroxyl groups is 14. The van der Waals surface area contributed by atoms with Gasteiger partial charge in [0.15, 0.2) is 31.5 Å². The molecule has 11 rings (SSSR count). The lowest BCUT2D eigenvalue weighted by Crippen LogP contribution is -2.73. The molecule has 26 heteroatoms. The molecule has 0 radical (unpaired) electrons. The number of ketones is 1. The fraction of sp³-hybridized carbons (Fsp3) is 0.983. The SMILES string of the molecule is CC1OC(OC2C(O)C(CO)OC(OC3COC(OC4CCC5(C)C(CCC6(C)C5CCC57OCC8(CCC(C)(CO)CC85)C(=O)CC67C)C4(C)C)C(OC4OC(CO)C(O)C(O)C4O)C3O)C2OC2OCC(O)C(O)C2O)C(O)C(O)C1O. The highest BCUT2D eigenvalue weighted by Crippen LogP contribution is 2.80. The second-order valence-corrected chi connectivity index (χ2v) is 28.6. The van der Waals surface area contributed by atoms with Crippen molar-refractivity contribution in [2.75, 3.05) is 39.6 Å². The third-order valence-electron chi connectivity index (χ3n) is 23.9. The van der Waals surface area contributed by atoms with Gasteiger partial charge in [0, 0.05) is 24.4 Å². The predicted molar refractivity (Wildman–Crippen MR) is 282 cm³/mol. The number of carbonyl (C=O) groups excluding carboxylic acids is 1. The first kappa shape index (κ1) is 64.2. The van der Waals surface area contributed by atoms with Crippen LogP contribution in [0.3, 0.4) is 0 Å². The molecule has 11 aliphatic rings. The van der Waals surface area contributed by atoms with E-state index in [0.717, 1.165) is 51.4 Å². The summed E-state index contributed by atoms with van der Waals surface area (Å²) in [6.45, 7) is 12.7. The number of ether oxygens (including phenoxy) is 11. The first-order valence-electron chi connectivity index (χ1n) is 30.5. The number of rotatable bonds is 13. The average molecular weight is 1210 g/mol. The van der Waals surface area contributed by atoms with Crippen molar-refractivity contribution in [2.45, 2.75) is 266 Å². The highest BCUT2D eigenvalue weighted by molar-refractivity contribution is 5.88. The van der Waals surface area contributed by atoms with Gasteiger partial charge in [-0.2, -0.15) is 0 Å². The molecule has 84 heavy (non-hydrogen) atoms. The fourth-order valence-corrected chi connectivity index (χ4v) is 18.6. The van der Waals surface area contributed by atoms with E-state index in [2.05, 4.69) is 41.5 Å². The summed E-state index contributed by atoms with van der Waals surface area (Å²) < 4.78 is 68.9. The fourth-order valence-electron chi connectivity index (χ4n) is 18.6. The zero-order valence-electron chi connectivity index (χ0n) is 49.1. The largest absolute Gasteiger partial charge is 0.396 e. The molecule has 0 amide bonds. The Morgan fingerprint density at radius 2 is 1.13 bits per heavy atom. The van der Waals surface area contributed by atoms with Gasteiger partial charge < -0.3 is 124 Å². The van der Waals surface area contributed by atoms with Crippen LogP contribution in [0.1, 0.15) is 113 Å². The maximum atomic E-state index is 14.8. The molecule has 26 nitrogen and oxygen atoms in total. The quantitative estimate of drug-likeness (QED) is 0.0815. The van der Waals surface area contributed by atoms with Crippen molar-refractivity contribution in [3.63, 3.8) is 0 Å². The minimum absolute atomic E-state index is 0.0186. The molecule has 6 aliphatic heterocycles. The normalized spacial score (nSPS) is 57.3. The van der Waals surface area contributed by atoms with Gasteiger partial charge in [-0.1, -0.05) is 41.5 Å². The van der Waals surface area contributed by atoms with Crippen LogP contribution in [0.25, 0.3) is 0 Å². The lowest BCUT2D eigenvalue weighted by molar-refractivity contribution is -0.404. The molecule has 33 atom stereocenters. The number of hydrogen-bond donors (Lipinski definition) is 14. The molecule has 1 spiro atoms. The number of carbonyl (C=O) groups is 1. The first-order valence-corrected chi connectivity index (χ1v) is 30.5. The molecule has 5 aliphatic carbocycles. The van der Waals surface area contributed by atoms with E-state index < -0.39 is 196 Å². The van der Waals surface area contributed by atoms with Gasteiger partial charge in [0.05, 0.1) is 56.3 Å². The Hall–Kier alpha value is -1.33. The van der Waals surface area contributed by atoms with Crippen LogP contribution in [0.2, 0.25) is 0 Å². The Morgan fingerprint density at radius 3 is 1.82 bits per heavy atom. The summed E-state index contributed by atoms with van der Waals surface area (Å²) in [5.41, 5.74) is -2.90. The maximum Gasteiger partial charge on any atom is 0.187 e. The van der Waals surface area contributed by atoms with Crippen molar-refractivity contribution < 1.29 is 128 Å². The smallest absolute Gasteiger partial charge is 0.187 e. The van der Waals surface area contributed by atoms with Crippen LogP contribution in [0.4, 0.5) is 0 Å². The molecule has 5 saturated carbocycles. The van der Waals surface area contributed by atoms with E-state index in [1.54, 1.807) is 0 Å². The molecule has 0 aromatic heterocycles. The molecule has 2 bridgehead atoms. The third kappa shape index (κ3) is 9.88. The van der Waals surface area contributed by atoms with Crippen LogP contribution in [-0.2, 0) is 56.9 Å². The average Bonchev–Trinajstić information content (AvgIpc) is 1.28. The Labute approximate surface area is 488 Å². The van der Waals surface area contributed by atoms with Crippen LogP contribution in [-0.4, -0.2) is 270 Å². The van der Waals surface area contributed by atoms with Gasteiger partial charge in [0.1, 0.15) is 110 Å². The van der Waals surface area contributed by atoms with Gasteiger partial charge >= 0.3 is 0 Å². The Balaban J connectivity index is 0.866. The topological polar surface area (TPSA) is 402 Å². The molecule has 482 valence electrons. The lowest BCUT2D eigenvalue weighted by Gasteiger charge is -2.74. The summed E-state index contributed by atoms with van der Waals surface area (Å²) in [4.78, 5) is 14.8. The third-order valence-corrected chi connectivity index (χ3v) is 23.9. The molecule has 0 aromatic rings.